The van der Waals surface area contributed by atoms with Gasteiger partial charge in [0.15, 0.2) is 0 Å². The Kier molecular flexibility index (Phi) is 3.54. The maximum Gasteiger partial charge on any atom is 0.112 e. The number of para-hydroxylation sites is 1. The van der Waals surface area contributed by atoms with Gasteiger partial charge in [0.1, 0.15) is 11.8 Å². The number of benzene rings is 1. The van der Waals surface area contributed by atoms with Crippen LogP contribution < -0.4 is 0 Å². The Morgan fingerprint density at radius 2 is 2.00 bits per heavy atom. The van der Waals surface area contributed by atoms with E-state index in [1.165, 1.54) is 0 Å². The number of hydrogen-bond donors (Lipinski definition) is 1. The van der Waals surface area contributed by atoms with Crippen LogP contribution >= 0.6 is 0 Å². The van der Waals surface area contributed by atoms with Crippen LogP contribution in [-0.2, 0) is 0 Å². The molecule has 0 saturated heterocycles. The van der Waals surface area contributed by atoms with E-state index in [4.69, 9.17) is 0 Å². The molecule has 0 spiro atoms. The summed E-state index contributed by atoms with van der Waals surface area (Å²) in [6, 6.07) is 9.67. The van der Waals surface area contributed by atoms with Crippen LogP contribution in [0.15, 0.2) is 36.5 Å². The third-order valence-electron chi connectivity index (χ3n) is 2.98. The molecule has 2 unspecified atom stereocenters. The standard InChI is InChI=1S/C13H17N3O/c1-3-10(2)13(17)12-9-14-16(15-12)11-7-5-4-6-8-11/h4-10,13,17H,3H2,1-2H3. The maximum absolute atomic E-state index is 10.0. The van der Waals surface area contributed by atoms with E-state index in [1.807, 2.05) is 37.3 Å². The van der Waals surface area contributed by atoms with Crippen LogP contribution in [-0.4, -0.2) is 20.1 Å². The van der Waals surface area contributed by atoms with Gasteiger partial charge >= 0.3 is 0 Å². The van der Waals surface area contributed by atoms with Gasteiger partial charge in [-0.2, -0.15) is 15.0 Å². The van der Waals surface area contributed by atoms with E-state index in [-0.39, 0.29) is 5.92 Å². The summed E-state index contributed by atoms with van der Waals surface area (Å²) in [5.41, 5.74) is 1.53. The second-order valence-electron chi connectivity index (χ2n) is 4.22. The largest absolute Gasteiger partial charge is 0.386 e. The van der Waals surface area contributed by atoms with Gasteiger partial charge in [0.2, 0.25) is 0 Å². The van der Waals surface area contributed by atoms with Crippen LogP contribution in [0.5, 0.6) is 0 Å². The molecule has 1 N–H and O–H groups in total. The summed E-state index contributed by atoms with van der Waals surface area (Å²) in [5, 5.41) is 18.5. The Morgan fingerprint density at radius 1 is 1.29 bits per heavy atom. The Bertz CT molecular complexity index is 467. The fraction of sp³-hybridized carbons (Fsp3) is 0.385. The fourth-order valence-electron chi connectivity index (χ4n) is 1.61. The molecular formula is C13H17N3O. The smallest absolute Gasteiger partial charge is 0.112 e. The molecule has 2 rings (SSSR count). The van der Waals surface area contributed by atoms with Crippen molar-refractivity contribution in [2.24, 2.45) is 5.92 Å². The van der Waals surface area contributed by atoms with Gasteiger partial charge in [0, 0.05) is 0 Å². The van der Waals surface area contributed by atoms with Crippen molar-refractivity contribution in [3.63, 3.8) is 0 Å². The summed E-state index contributed by atoms with van der Waals surface area (Å²) < 4.78 is 0. The highest BCUT2D eigenvalue weighted by molar-refractivity contribution is 5.28. The molecule has 0 aliphatic carbocycles. The summed E-state index contributed by atoms with van der Waals surface area (Å²) in [4.78, 5) is 1.54. The van der Waals surface area contributed by atoms with Crippen LogP contribution in [0.4, 0.5) is 0 Å². The Balaban J connectivity index is 2.22. The van der Waals surface area contributed by atoms with E-state index in [9.17, 15) is 5.11 Å². The minimum absolute atomic E-state index is 0.191. The highest BCUT2D eigenvalue weighted by atomic mass is 16.3. The minimum atomic E-state index is -0.544. The molecule has 0 bridgehead atoms. The van der Waals surface area contributed by atoms with E-state index in [0.717, 1.165) is 12.1 Å². The van der Waals surface area contributed by atoms with Crippen molar-refractivity contribution in [2.75, 3.05) is 0 Å². The second kappa shape index (κ2) is 5.10. The molecule has 2 atom stereocenters. The summed E-state index contributed by atoms with van der Waals surface area (Å²) in [6.45, 7) is 4.06. The zero-order valence-corrected chi connectivity index (χ0v) is 10.1. The highest BCUT2D eigenvalue weighted by Crippen LogP contribution is 2.22. The Labute approximate surface area is 101 Å². The molecule has 0 aliphatic rings. The van der Waals surface area contributed by atoms with Crippen molar-refractivity contribution in [1.29, 1.82) is 0 Å². The van der Waals surface area contributed by atoms with E-state index in [2.05, 4.69) is 17.1 Å². The van der Waals surface area contributed by atoms with Crippen molar-refractivity contribution >= 4 is 0 Å². The number of aromatic nitrogens is 3. The molecule has 0 aliphatic heterocycles. The number of hydrogen-bond acceptors (Lipinski definition) is 3. The zero-order chi connectivity index (χ0) is 12.3. The molecule has 17 heavy (non-hydrogen) atoms. The molecule has 1 heterocycles. The molecule has 1 aromatic heterocycles. The van der Waals surface area contributed by atoms with E-state index in [1.54, 1.807) is 11.0 Å². The van der Waals surface area contributed by atoms with Crippen molar-refractivity contribution in [3.8, 4) is 5.69 Å². The predicted molar refractivity (Wildman–Crippen MR) is 65.8 cm³/mol. The van der Waals surface area contributed by atoms with Crippen LogP contribution in [0.25, 0.3) is 5.69 Å². The van der Waals surface area contributed by atoms with Crippen molar-refractivity contribution < 1.29 is 5.11 Å². The van der Waals surface area contributed by atoms with Gasteiger partial charge in [-0.05, 0) is 18.1 Å². The molecule has 4 heteroatoms. The summed E-state index contributed by atoms with van der Waals surface area (Å²) in [7, 11) is 0. The fourth-order valence-corrected chi connectivity index (χ4v) is 1.61. The van der Waals surface area contributed by atoms with Crippen LogP contribution in [0.3, 0.4) is 0 Å². The lowest BCUT2D eigenvalue weighted by molar-refractivity contribution is 0.111. The first-order valence-corrected chi connectivity index (χ1v) is 5.88. The average molecular weight is 231 g/mol. The number of rotatable bonds is 4. The molecule has 0 saturated carbocycles. The maximum atomic E-state index is 10.0. The van der Waals surface area contributed by atoms with Gasteiger partial charge in [0.05, 0.1) is 11.9 Å². The summed E-state index contributed by atoms with van der Waals surface area (Å²) in [6.07, 6.45) is 2.00. The summed E-state index contributed by atoms with van der Waals surface area (Å²) >= 11 is 0. The predicted octanol–water partition coefficient (Wildman–Crippen LogP) is 2.35. The van der Waals surface area contributed by atoms with Gasteiger partial charge in [-0.25, -0.2) is 0 Å². The topological polar surface area (TPSA) is 50.9 Å². The van der Waals surface area contributed by atoms with Gasteiger partial charge in [-0.15, -0.1) is 0 Å². The van der Waals surface area contributed by atoms with Gasteiger partial charge < -0.3 is 5.11 Å². The first-order chi connectivity index (χ1) is 8.22. The molecule has 4 nitrogen and oxygen atoms in total. The van der Waals surface area contributed by atoms with Crippen molar-refractivity contribution in [1.82, 2.24) is 15.0 Å². The Hall–Kier alpha value is -1.68. The second-order valence-corrected chi connectivity index (χ2v) is 4.22. The van der Waals surface area contributed by atoms with Gasteiger partial charge in [-0.1, -0.05) is 38.5 Å². The lowest BCUT2D eigenvalue weighted by Crippen LogP contribution is -2.09. The number of aliphatic hydroxyl groups excluding tert-OH is 1. The summed E-state index contributed by atoms with van der Waals surface area (Å²) in [5.74, 6) is 0.191. The third kappa shape index (κ3) is 2.53. The van der Waals surface area contributed by atoms with E-state index in [0.29, 0.717) is 5.69 Å². The van der Waals surface area contributed by atoms with E-state index >= 15 is 0 Å². The molecule has 0 amide bonds. The Morgan fingerprint density at radius 3 is 2.65 bits per heavy atom. The molecule has 1 aromatic carbocycles. The lowest BCUT2D eigenvalue weighted by atomic mass is 10.0. The van der Waals surface area contributed by atoms with Crippen molar-refractivity contribution in [2.45, 2.75) is 26.4 Å². The molecule has 2 aromatic rings. The highest BCUT2D eigenvalue weighted by Gasteiger charge is 2.18. The van der Waals surface area contributed by atoms with E-state index < -0.39 is 6.10 Å². The quantitative estimate of drug-likeness (QED) is 0.878. The number of aliphatic hydroxyl groups is 1. The zero-order valence-electron chi connectivity index (χ0n) is 10.1. The molecule has 90 valence electrons. The minimum Gasteiger partial charge on any atom is -0.386 e. The third-order valence-corrected chi connectivity index (χ3v) is 2.98. The average Bonchev–Trinajstić information content (AvgIpc) is 2.87. The lowest BCUT2D eigenvalue weighted by Gasteiger charge is -2.13. The molecule has 0 radical (unpaired) electrons. The SMILES string of the molecule is CCC(C)C(O)c1cnn(-c2ccccc2)n1. The van der Waals surface area contributed by atoms with Crippen molar-refractivity contribution in [3.05, 3.63) is 42.2 Å². The molecular weight excluding hydrogens is 214 g/mol. The first kappa shape index (κ1) is 11.8. The van der Waals surface area contributed by atoms with Gasteiger partial charge in [-0.3, -0.25) is 0 Å². The van der Waals surface area contributed by atoms with Gasteiger partial charge in [0.25, 0.3) is 0 Å². The normalized spacial score (nSPS) is 14.5. The first-order valence-electron chi connectivity index (χ1n) is 5.88. The molecule has 0 fully saturated rings. The van der Waals surface area contributed by atoms with Crippen LogP contribution in [0.1, 0.15) is 32.1 Å². The monoisotopic (exact) mass is 231 g/mol. The van der Waals surface area contributed by atoms with Crippen LogP contribution in [0.2, 0.25) is 0 Å². The van der Waals surface area contributed by atoms with Crippen LogP contribution in [0, 0.1) is 5.92 Å². The number of nitrogens with zero attached hydrogens (tertiary/aromatic N) is 3.